The molecule has 6 heteroatoms. The van der Waals surface area contributed by atoms with Crippen LogP contribution in [0.3, 0.4) is 0 Å². The highest BCUT2D eigenvalue weighted by molar-refractivity contribution is 6.38. The summed E-state index contributed by atoms with van der Waals surface area (Å²) in [5.41, 5.74) is -0.645. The van der Waals surface area contributed by atoms with E-state index in [9.17, 15) is 14.4 Å². The Hall–Kier alpha value is -1.59. The molecule has 0 rings (SSSR count). The van der Waals surface area contributed by atoms with Crippen LogP contribution in [0.1, 0.15) is 53.9 Å². The van der Waals surface area contributed by atoms with E-state index in [0.29, 0.717) is 13.0 Å². The fourth-order valence-electron chi connectivity index (χ4n) is 1.53. The number of amides is 2. The summed E-state index contributed by atoms with van der Waals surface area (Å²) in [6, 6.07) is -0.837. The van der Waals surface area contributed by atoms with Crippen molar-refractivity contribution in [3.05, 3.63) is 0 Å². The van der Waals surface area contributed by atoms with Crippen molar-refractivity contribution in [3.8, 4) is 0 Å². The average molecular weight is 286 g/mol. The molecule has 6 nitrogen and oxygen atoms in total. The van der Waals surface area contributed by atoms with E-state index in [1.807, 2.05) is 6.92 Å². The number of Topliss-reactive ketones (excluding diaryl/α,β-unsaturated/α-hetero) is 1. The van der Waals surface area contributed by atoms with Crippen molar-refractivity contribution < 1.29 is 19.1 Å². The Bertz CT molecular complexity index is 348. The van der Waals surface area contributed by atoms with Crippen molar-refractivity contribution in [3.63, 3.8) is 0 Å². The second-order valence-electron chi connectivity index (χ2n) is 5.56. The number of likely N-dealkylation sites (N-methyl/N-ethyl adjacent to an activating group) is 1. The molecule has 0 aromatic carbocycles. The van der Waals surface area contributed by atoms with Crippen molar-refractivity contribution >= 4 is 17.8 Å². The van der Waals surface area contributed by atoms with Crippen LogP contribution < -0.4 is 10.6 Å². The molecular weight excluding hydrogens is 260 g/mol. The van der Waals surface area contributed by atoms with Crippen molar-refractivity contribution in [2.75, 3.05) is 6.54 Å². The van der Waals surface area contributed by atoms with E-state index in [4.69, 9.17) is 4.74 Å². The highest BCUT2D eigenvalue weighted by Gasteiger charge is 2.27. The zero-order valence-corrected chi connectivity index (χ0v) is 13.0. The van der Waals surface area contributed by atoms with E-state index < -0.39 is 29.4 Å². The van der Waals surface area contributed by atoms with E-state index in [2.05, 4.69) is 10.6 Å². The Morgan fingerprint density at radius 3 is 2.20 bits per heavy atom. The van der Waals surface area contributed by atoms with Crippen LogP contribution in [-0.2, 0) is 14.3 Å². The van der Waals surface area contributed by atoms with Gasteiger partial charge in [0, 0.05) is 6.54 Å². The first-order valence-electron chi connectivity index (χ1n) is 7.02. The van der Waals surface area contributed by atoms with Crippen LogP contribution in [0.4, 0.5) is 4.79 Å². The van der Waals surface area contributed by atoms with Gasteiger partial charge in [-0.05, 0) is 34.1 Å². The number of nitrogens with one attached hydrogen (secondary N) is 2. The minimum absolute atomic E-state index is 0.373. The first kappa shape index (κ1) is 18.4. The fourth-order valence-corrected chi connectivity index (χ4v) is 1.53. The summed E-state index contributed by atoms with van der Waals surface area (Å²) in [6.45, 7) is 9.28. The molecule has 0 aliphatic rings. The van der Waals surface area contributed by atoms with Crippen LogP contribution >= 0.6 is 0 Å². The quantitative estimate of drug-likeness (QED) is 0.699. The van der Waals surface area contributed by atoms with Gasteiger partial charge in [0.1, 0.15) is 11.6 Å². The van der Waals surface area contributed by atoms with Gasteiger partial charge < -0.3 is 15.4 Å². The first-order chi connectivity index (χ1) is 9.21. The van der Waals surface area contributed by atoms with Crippen LogP contribution in [0, 0.1) is 0 Å². The van der Waals surface area contributed by atoms with Gasteiger partial charge in [0.25, 0.3) is 5.91 Å². The molecule has 0 radical (unpaired) electrons. The van der Waals surface area contributed by atoms with Gasteiger partial charge in [0.05, 0.1) is 0 Å². The Labute approximate surface area is 120 Å². The second kappa shape index (κ2) is 8.55. The van der Waals surface area contributed by atoms with Gasteiger partial charge in [-0.2, -0.15) is 0 Å². The summed E-state index contributed by atoms with van der Waals surface area (Å²) in [7, 11) is 0. The number of rotatable bonds is 7. The number of carbonyl (C=O) groups excluding carboxylic acids is 3. The number of carbonyl (C=O) groups is 3. The number of unbranched alkanes of at least 4 members (excludes halogenated alkanes) is 1. The predicted molar refractivity (Wildman–Crippen MR) is 76.4 cm³/mol. The number of ether oxygens (including phenoxy) is 1. The molecular formula is C14H26N2O4. The summed E-state index contributed by atoms with van der Waals surface area (Å²) in [6.07, 6.45) is 1.35. The highest BCUT2D eigenvalue weighted by atomic mass is 16.6. The predicted octanol–water partition coefficient (Wildman–Crippen LogP) is 1.78. The van der Waals surface area contributed by atoms with Gasteiger partial charge >= 0.3 is 6.09 Å². The lowest BCUT2D eigenvalue weighted by atomic mass is 10.1. The third-order valence-electron chi connectivity index (χ3n) is 2.41. The van der Waals surface area contributed by atoms with Gasteiger partial charge in [-0.25, -0.2) is 4.79 Å². The van der Waals surface area contributed by atoms with Crippen molar-refractivity contribution in [2.24, 2.45) is 0 Å². The molecule has 0 unspecified atom stereocenters. The molecule has 20 heavy (non-hydrogen) atoms. The number of hydrogen-bond donors (Lipinski definition) is 2. The van der Waals surface area contributed by atoms with Crippen LogP contribution in [-0.4, -0.2) is 36.0 Å². The Balaban J connectivity index is 4.67. The molecule has 0 spiro atoms. The SMILES string of the molecule is CCCC[C@H](NC(=O)OC(C)(C)C)C(=O)C(=O)NCC. The van der Waals surface area contributed by atoms with Gasteiger partial charge in [-0.15, -0.1) is 0 Å². The summed E-state index contributed by atoms with van der Waals surface area (Å²) in [5.74, 6) is -1.31. The summed E-state index contributed by atoms with van der Waals surface area (Å²) >= 11 is 0. The molecule has 0 saturated heterocycles. The molecule has 116 valence electrons. The standard InChI is InChI=1S/C14H26N2O4/c1-6-8-9-10(11(17)12(18)15-7-2)16-13(19)20-14(3,4)5/h10H,6-9H2,1-5H3,(H,15,18)(H,16,19)/t10-/m0/s1. The monoisotopic (exact) mass is 286 g/mol. The van der Waals surface area contributed by atoms with E-state index in [-0.39, 0.29) is 0 Å². The Morgan fingerprint density at radius 1 is 1.15 bits per heavy atom. The van der Waals surface area contributed by atoms with Gasteiger partial charge in [0.15, 0.2) is 0 Å². The third kappa shape index (κ3) is 7.76. The van der Waals surface area contributed by atoms with Crippen LogP contribution in [0.15, 0.2) is 0 Å². The number of hydrogen-bond acceptors (Lipinski definition) is 4. The zero-order chi connectivity index (χ0) is 15.8. The van der Waals surface area contributed by atoms with E-state index in [0.717, 1.165) is 12.8 Å². The van der Waals surface area contributed by atoms with Crippen molar-refractivity contribution in [1.29, 1.82) is 0 Å². The summed E-state index contributed by atoms with van der Waals surface area (Å²) in [5, 5.41) is 4.92. The van der Waals surface area contributed by atoms with Gasteiger partial charge in [-0.1, -0.05) is 19.8 Å². The van der Waals surface area contributed by atoms with Crippen LogP contribution in [0.2, 0.25) is 0 Å². The minimum atomic E-state index is -0.837. The van der Waals surface area contributed by atoms with Crippen LogP contribution in [0.5, 0.6) is 0 Å². The zero-order valence-electron chi connectivity index (χ0n) is 13.0. The fraction of sp³-hybridized carbons (Fsp3) is 0.786. The Morgan fingerprint density at radius 2 is 1.75 bits per heavy atom. The molecule has 2 N–H and O–H groups in total. The smallest absolute Gasteiger partial charge is 0.408 e. The van der Waals surface area contributed by atoms with E-state index in [1.165, 1.54) is 0 Å². The molecule has 1 atom stereocenters. The maximum Gasteiger partial charge on any atom is 0.408 e. The third-order valence-corrected chi connectivity index (χ3v) is 2.41. The van der Waals surface area contributed by atoms with Crippen LogP contribution in [0.25, 0.3) is 0 Å². The Kier molecular flexibility index (Phi) is 7.87. The number of ketones is 1. The lowest BCUT2D eigenvalue weighted by Crippen LogP contribution is -2.48. The molecule has 0 aromatic rings. The average Bonchev–Trinajstić information content (AvgIpc) is 2.31. The normalized spacial score (nSPS) is 12.4. The maximum absolute atomic E-state index is 12.0. The molecule has 0 aliphatic heterocycles. The van der Waals surface area contributed by atoms with E-state index >= 15 is 0 Å². The molecule has 0 saturated carbocycles. The summed E-state index contributed by atoms with van der Waals surface area (Å²) < 4.78 is 5.10. The maximum atomic E-state index is 12.0. The van der Waals surface area contributed by atoms with Crippen molar-refractivity contribution in [1.82, 2.24) is 10.6 Å². The largest absolute Gasteiger partial charge is 0.444 e. The molecule has 0 aliphatic carbocycles. The minimum Gasteiger partial charge on any atom is -0.444 e. The molecule has 2 amide bonds. The van der Waals surface area contributed by atoms with E-state index in [1.54, 1.807) is 27.7 Å². The van der Waals surface area contributed by atoms with Gasteiger partial charge in [0.2, 0.25) is 5.78 Å². The lowest BCUT2D eigenvalue weighted by Gasteiger charge is -2.22. The lowest BCUT2D eigenvalue weighted by molar-refractivity contribution is -0.139. The second-order valence-corrected chi connectivity index (χ2v) is 5.56. The first-order valence-corrected chi connectivity index (χ1v) is 7.02. The molecule has 0 bridgehead atoms. The van der Waals surface area contributed by atoms with Crippen molar-refractivity contribution in [2.45, 2.75) is 65.5 Å². The van der Waals surface area contributed by atoms with Gasteiger partial charge in [-0.3, -0.25) is 9.59 Å². The summed E-state index contributed by atoms with van der Waals surface area (Å²) in [4.78, 5) is 35.2. The molecule has 0 aromatic heterocycles. The number of alkyl carbamates (subject to hydrolysis) is 1. The highest BCUT2D eigenvalue weighted by Crippen LogP contribution is 2.08. The topological polar surface area (TPSA) is 84.5 Å². The molecule has 0 fully saturated rings. The molecule has 0 heterocycles.